The topological polar surface area (TPSA) is 51.1 Å². The van der Waals surface area contributed by atoms with Crippen LogP contribution in [0.25, 0.3) is 0 Å². The number of carbonyl (C=O) groups is 2. The van der Waals surface area contributed by atoms with Crippen molar-refractivity contribution in [1.29, 1.82) is 0 Å². The summed E-state index contributed by atoms with van der Waals surface area (Å²) in [5.74, 6) is -0.296. The van der Waals surface area contributed by atoms with Crippen LogP contribution in [0, 0.1) is 13.8 Å². The van der Waals surface area contributed by atoms with Crippen LogP contribution in [-0.2, 0) is 24.4 Å². The van der Waals surface area contributed by atoms with Crippen LogP contribution in [0.5, 0.6) is 0 Å². The molecule has 0 saturated carbocycles. The summed E-state index contributed by atoms with van der Waals surface area (Å²) >= 11 is 0. The molecule has 0 fully saturated rings. The quantitative estimate of drug-likeness (QED) is 0.826. The molecule has 1 N–H and O–H groups in total. The predicted octanol–water partition coefficient (Wildman–Crippen LogP) is 4.04. The van der Waals surface area contributed by atoms with Gasteiger partial charge in [0.15, 0.2) is 6.29 Å². The first-order chi connectivity index (χ1) is 11.6. The van der Waals surface area contributed by atoms with Crippen molar-refractivity contribution in [2.75, 3.05) is 5.32 Å². The summed E-state index contributed by atoms with van der Waals surface area (Å²) in [7, 11) is 1.79. The van der Waals surface area contributed by atoms with Gasteiger partial charge < -0.3 is 9.88 Å². The second-order valence-corrected chi connectivity index (χ2v) is 5.87. The van der Waals surface area contributed by atoms with Gasteiger partial charge in [0, 0.05) is 24.8 Å². The highest BCUT2D eigenvalue weighted by atomic mass is 19.4. The number of aldehydes is 1. The van der Waals surface area contributed by atoms with E-state index in [2.05, 4.69) is 5.32 Å². The fraction of sp³-hybridized carbons (Fsp3) is 0.333. The van der Waals surface area contributed by atoms with Gasteiger partial charge in [-0.15, -0.1) is 0 Å². The Hall–Kier alpha value is -2.57. The molecular weight excluding hydrogens is 333 g/mol. The van der Waals surface area contributed by atoms with Crippen molar-refractivity contribution in [3.8, 4) is 0 Å². The number of alkyl halides is 3. The Morgan fingerprint density at radius 3 is 2.28 bits per heavy atom. The van der Waals surface area contributed by atoms with Gasteiger partial charge in [0.05, 0.1) is 11.3 Å². The molecular formula is C18H19F3N2O2. The number of amides is 1. The third-order valence-electron chi connectivity index (χ3n) is 4.35. The third-order valence-corrected chi connectivity index (χ3v) is 4.35. The summed E-state index contributed by atoms with van der Waals surface area (Å²) in [5.41, 5.74) is 2.83. The summed E-state index contributed by atoms with van der Waals surface area (Å²) in [5, 5.41) is 2.58. The Balaban J connectivity index is 2.01. The Kier molecular flexibility index (Phi) is 5.35. The molecule has 0 radical (unpaired) electrons. The maximum atomic E-state index is 12.5. The number of hydrogen-bond donors (Lipinski definition) is 1. The zero-order chi connectivity index (χ0) is 18.8. The molecule has 0 aliphatic heterocycles. The number of hydrogen-bond acceptors (Lipinski definition) is 2. The highest BCUT2D eigenvalue weighted by molar-refractivity contribution is 5.91. The van der Waals surface area contributed by atoms with E-state index in [1.807, 2.05) is 13.8 Å². The summed E-state index contributed by atoms with van der Waals surface area (Å²) < 4.78 is 39.3. The summed E-state index contributed by atoms with van der Waals surface area (Å²) in [6.45, 7) is 3.71. The van der Waals surface area contributed by atoms with Gasteiger partial charge in [0.2, 0.25) is 5.91 Å². The Morgan fingerprint density at radius 2 is 1.80 bits per heavy atom. The fourth-order valence-electron chi connectivity index (χ4n) is 2.80. The molecule has 0 bridgehead atoms. The average Bonchev–Trinajstić information content (AvgIpc) is 2.74. The van der Waals surface area contributed by atoms with Crippen LogP contribution in [0.3, 0.4) is 0 Å². The Morgan fingerprint density at radius 1 is 1.20 bits per heavy atom. The van der Waals surface area contributed by atoms with Crippen molar-refractivity contribution in [3.63, 3.8) is 0 Å². The van der Waals surface area contributed by atoms with Crippen LogP contribution in [0.15, 0.2) is 24.3 Å². The number of aromatic nitrogens is 1. The smallest absolute Gasteiger partial charge is 0.345 e. The zero-order valence-corrected chi connectivity index (χ0v) is 14.2. The second kappa shape index (κ2) is 7.13. The first-order valence-electron chi connectivity index (χ1n) is 7.72. The molecule has 1 amide bonds. The van der Waals surface area contributed by atoms with E-state index in [1.54, 1.807) is 11.6 Å². The molecule has 1 heterocycles. The minimum atomic E-state index is -4.40. The van der Waals surface area contributed by atoms with Crippen molar-refractivity contribution < 1.29 is 22.8 Å². The van der Waals surface area contributed by atoms with Gasteiger partial charge >= 0.3 is 6.18 Å². The largest absolute Gasteiger partial charge is 0.416 e. The molecule has 4 nitrogen and oxygen atoms in total. The molecule has 25 heavy (non-hydrogen) atoms. The van der Waals surface area contributed by atoms with Gasteiger partial charge in [0.1, 0.15) is 0 Å². The van der Waals surface area contributed by atoms with E-state index < -0.39 is 11.7 Å². The highest BCUT2D eigenvalue weighted by Crippen LogP contribution is 2.29. The highest BCUT2D eigenvalue weighted by Gasteiger charge is 2.30. The summed E-state index contributed by atoms with van der Waals surface area (Å²) in [6.07, 6.45) is -2.99. The van der Waals surface area contributed by atoms with Crippen LogP contribution < -0.4 is 5.32 Å². The second-order valence-electron chi connectivity index (χ2n) is 5.87. The van der Waals surface area contributed by atoms with Gasteiger partial charge in [-0.1, -0.05) is 0 Å². The van der Waals surface area contributed by atoms with E-state index in [0.29, 0.717) is 17.8 Å². The summed E-state index contributed by atoms with van der Waals surface area (Å²) in [4.78, 5) is 23.2. The van der Waals surface area contributed by atoms with E-state index in [4.69, 9.17) is 0 Å². The van der Waals surface area contributed by atoms with Crippen molar-refractivity contribution in [1.82, 2.24) is 4.57 Å². The molecule has 134 valence electrons. The standard InChI is InChI=1S/C18H19F3N2O2/c1-11-15(12(2)23(3)16(11)10-24)8-9-17(25)22-14-6-4-13(5-7-14)18(19,20)21/h4-7,10H,8-9H2,1-3H3,(H,22,25). The Labute approximate surface area is 143 Å². The van der Waals surface area contributed by atoms with Crippen LogP contribution in [-0.4, -0.2) is 16.8 Å². The van der Waals surface area contributed by atoms with Crippen molar-refractivity contribution in [2.45, 2.75) is 32.9 Å². The van der Waals surface area contributed by atoms with E-state index in [-0.39, 0.29) is 12.3 Å². The molecule has 0 aliphatic rings. The van der Waals surface area contributed by atoms with E-state index >= 15 is 0 Å². The lowest BCUT2D eigenvalue weighted by Crippen LogP contribution is -2.13. The third kappa shape index (κ3) is 4.10. The molecule has 0 unspecified atom stereocenters. The first-order valence-corrected chi connectivity index (χ1v) is 7.72. The number of rotatable bonds is 5. The van der Waals surface area contributed by atoms with Crippen molar-refractivity contribution in [2.24, 2.45) is 7.05 Å². The maximum Gasteiger partial charge on any atom is 0.416 e. The molecule has 1 aromatic carbocycles. The van der Waals surface area contributed by atoms with E-state index in [9.17, 15) is 22.8 Å². The fourth-order valence-corrected chi connectivity index (χ4v) is 2.80. The lowest BCUT2D eigenvalue weighted by molar-refractivity contribution is -0.137. The van der Waals surface area contributed by atoms with Gasteiger partial charge in [-0.3, -0.25) is 9.59 Å². The lowest BCUT2D eigenvalue weighted by Gasteiger charge is -2.09. The molecule has 0 saturated heterocycles. The molecule has 2 rings (SSSR count). The van der Waals surface area contributed by atoms with E-state index in [0.717, 1.165) is 35.2 Å². The first kappa shape index (κ1) is 18.8. The number of halogens is 3. The molecule has 0 spiro atoms. The predicted molar refractivity (Wildman–Crippen MR) is 88.7 cm³/mol. The van der Waals surface area contributed by atoms with Crippen LogP contribution in [0.4, 0.5) is 18.9 Å². The molecule has 0 aliphatic carbocycles. The minimum absolute atomic E-state index is 0.172. The number of carbonyl (C=O) groups excluding carboxylic acids is 2. The zero-order valence-electron chi connectivity index (χ0n) is 14.2. The van der Waals surface area contributed by atoms with Crippen molar-refractivity contribution in [3.05, 3.63) is 52.3 Å². The van der Waals surface area contributed by atoms with Gasteiger partial charge in [-0.05, 0) is 55.7 Å². The van der Waals surface area contributed by atoms with Crippen molar-refractivity contribution >= 4 is 17.9 Å². The van der Waals surface area contributed by atoms with Gasteiger partial charge in [0.25, 0.3) is 0 Å². The molecule has 2 aromatic rings. The summed E-state index contributed by atoms with van der Waals surface area (Å²) in [6, 6.07) is 4.31. The normalized spacial score (nSPS) is 11.4. The average molecular weight is 352 g/mol. The SMILES string of the molecule is Cc1c(CCC(=O)Nc2ccc(C(F)(F)F)cc2)c(C)n(C)c1C=O. The lowest BCUT2D eigenvalue weighted by atomic mass is 10.0. The molecule has 0 atom stereocenters. The van der Waals surface area contributed by atoms with E-state index in [1.165, 1.54) is 12.1 Å². The molecule has 7 heteroatoms. The van der Waals surface area contributed by atoms with Crippen LogP contribution in [0.2, 0.25) is 0 Å². The monoisotopic (exact) mass is 352 g/mol. The molecule has 1 aromatic heterocycles. The maximum absolute atomic E-state index is 12.5. The number of benzene rings is 1. The number of anilines is 1. The van der Waals surface area contributed by atoms with Gasteiger partial charge in [-0.25, -0.2) is 0 Å². The van der Waals surface area contributed by atoms with Gasteiger partial charge in [-0.2, -0.15) is 13.2 Å². The Bertz CT molecular complexity index is 790. The number of nitrogens with one attached hydrogen (secondary N) is 1. The van der Waals surface area contributed by atoms with Crippen LogP contribution >= 0.6 is 0 Å². The number of nitrogens with zero attached hydrogens (tertiary/aromatic N) is 1. The van der Waals surface area contributed by atoms with Crippen LogP contribution in [0.1, 0.15) is 39.3 Å². The minimum Gasteiger partial charge on any atom is -0.345 e.